The normalized spacial score (nSPS) is 19.8. The van der Waals surface area contributed by atoms with Gasteiger partial charge in [0.15, 0.2) is 11.5 Å². The molecule has 190 valence electrons. The molecular weight excluding hydrogens is 476 g/mol. The first-order valence-corrected chi connectivity index (χ1v) is 13.6. The number of piperazine rings is 1. The molecule has 2 atom stereocenters. The Hall–Kier alpha value is -3.23. The first-order chi connectivity index (χ1) is 17.4. The molecule has 2 bridgehead atoms. The number of rotatable bonds is 8. The van der Waals surface area contributed by atoms with E-state index in [2.05, 4.69) is 21.9 Å². The lowest BCUT2D eigenvalue weighted by Gasteiger charge is -2.52. The van der Waals surface area contributed by atoms with Gasteiger partial charge in [0.25, 0.3) is 0 Å². The Kier molecular flexibility index (Phi) is 6.81. The van der Waals surface area contributed by atoms with Gasteiger partial charge in [-0.15, -0.1) is 0 Å². The lowest BCUT2D eigenvalue weighted by Crippen LogP contribution is -2.62. The molecule has 0 aliphatic carbocycles. The molecular formula is C28H32N2O5S. The van der Waals surface area contributed by atoms with Crippen LogP contribution in [-0.2, 0) is 16.7 Å². The molecule has 3 fully saturated rings. The van der Waals surface area contributed by atoms with E-state index in [4.69, 9.17) is 13.7 Å². The number of ether oxygens (including phenoxy) is 2. The maximum absolute atomic E-state index is 12.6. The molecule has 3 aliphatic rings. The highest BCUT2D eigenvalue weighted by atomic mass is 32.2. The Bertz CT molecular complexity index is 1310. The van der Waals surface area contributed by atoms with Gasteiger partial charge in [0.2, 0.25) is 0 Å². The third kappa shape index (κ3) is 5.01. The Morgan fingerprint density at radius 3 is 2.17 bits per heavy atom. The van der Waals surface area contributed by atoms with Crippen molar-refractivity contribution in [2.24, 2.45) is 0 Å². The first kappa shape index (κ1) is 24.5. The number of nitrogens with zero attached hydrogens (tertiary/aromatic N) is 2. The summed E-state index contributed by atoms with van der Waals surface area (Å²) in [6, 6.07) is 21.1. The molecule has 0 unspecified atom stereocenters. The van der Waals surface area contributed by atoms with Crippen LogP contribution in [0, 0.1) is 6.92 Å². The van der Waals surface area contributed by atoms with Crippen LogP contribution in [0.3, 0.4) is 0 Å². The van der Waals surface area contributed by atoms with Gasteiger partial charge in [-0.1, -0.05) is 23.8 Å². The van der Waals surface area contributed by atoms with E-state index in [1.165, 1.54) is 12.0 Å². The van der Waals surface area contributed by atoms with Gasteiger partial charge < -0.3 is 18.6 Å². The Labute approximate surface area is 213 Å². The molecule has 3 aromatic rings. The van der Waals surface area contributed by atoms with Crippen LogP contribution in [0.4, 0.5) is 5.69 Å². The summed E-state index contributed by atoms with van der Waals surface area (Å²) >= 11 is 0. The highest BCUT2D eigenvalue weighted by Crippen LogP contribution is 2.35. The fourth-order valence-electron chi connectivity index (χ4n) is 5.21. The second-order valence-corrected chi connectivity index (χ2v) is 11.0. The minimum absolute atomic E-state index is 0.153. The van der Waals surface area contributed by atoms with E-state index in [9.17, 15) is 8.42 Å². The maximum atomic E-state index is 12.6. The summed E-state index contributed by atoms with van der Waals surface area (Å²) in [6.07, 6.45) is 2.32. The zero-order valence-electron chi connectivity index (χ0n) is 20.9. The van der Waals surface area contributed by atoms with Crippen molar-refractivity contribution in [1.82, 2.24) is 4.90 Å². The average molecular weight is 509 g/mol. The van der Waals surface area contributed by atoms with Crippen molar-refractivity contribution >= 4 is 15.8 Å². The average Bonchev–Trinajstić information content (AvgIpc) is 2.89. The van der Waals surface area contributed by atoms with E-state index in [1.54, 1.807) is 50.6 Å². The molecule has 0 radical (unpaired) electrons. The third-order valence-electron chi connectivity index (χ3n) is 7.16. The zero-order chi connectivity index (χ0) is 25.3. The van der Waals surface area contributed by atoms with E-state index >= 15 is 0 Å². The van der Waals surface area contributed by atoms with Crippen LogP contribution in [0.15, 0.2) is 71.6 Å². The Balaban J connectivity index is 1.24. The molecule has 7 nitrogen and oxygen atoms in total. The predicted molar refractivity (Wildman–Crippen MR) is 140 cm³/mol. The number of hydrogen-bond acceptors (Lipinski definition) is 7. The summed E-state index contributed by atoms with van der Waals surface area (Å²) in [5.74, 6) is 1.81. The molecule has 3 aromatic carbocycles. The van der Waals surface area contributed by atoms with Crippen molar-refractivity contribution in [2.45, 2.75) is 43.3 Å². The van der Waals surface area contributed by atoms with Crippen molar-refractivity contribution in [3.8, 4) is 17.2 Å². The molecule has 0 amide bonds. The molecule has 3 heterocycles. The van der Waals surface area contributed by atoms with Gasteiger partial charge in [0.05, 0.1) is 14.2 Å². The molecule has 8 heteroatoms. The van der Waals surface area contributed by atoms with Crippen molar-refractivity contribution < 1.29 is 22.1 Å². The highest BCUT2D eigenvalue weighted by molar-refractivity contribution is 7.87. The Morgan fingerprint density at radius 2 is 1.53 bits per heavy atom. The highest BCUT2D eigenvalue weighted by Gasteiger charge is 2.39. The summed E-state index contributed by atoms with van der Waals surface area (Å²) in [7, 11) is -0.546. The number of fused-ring (bicyclic) bond motifs is 3. The SMILES string of the molecule is COc1ccc(CN2C[C@@H]3CC[C@H]2CN3c2ccc(OS(=O)(=O)c3ccc(C)cc3)cc2)cc1OC. The van der Waals surface area contributed by atoms with Gasteiger partial charge in [-0.2, -0.15) is 8.42 Å². The third-order valence-corrected chi connectivity index (χ3v) is 8.42. The van der Waals surface area contributed by atoms with Crippen LogP contribution in [0.5, 0.6) is 17.2 Å². The fourth-order valence-corrected chi connectivity index (χ4v) is 6.14. The molecule has 0 aromatic heterocycles. The van der Waals surface area contributed by atoms with Crippen LogP contribution in [0.1, 0.15) is 24.0 Å². The minimum atomic E-state index is -3.86. The largest absolute Gasteiger partial charge is 0.493 e. The molecule has 6 rings (SSSR count). The van der Waals surface area contributed by atoms with Crippen LogP contribution >= 0.6 is 0 Å². The minimum Gasteiger partial charge on any atom is -0.493 e. The second-order valence-electron chi connectivity index (χ2n) is 9.50. The van der Waals surface area contributed by atoms with Crippen molar-refractivity contribution in [1.29, 1.82) is 0 Å². The van der Waals surface area contributed by atoms with E-state index in [0.29, 0.717) is 17.8 Å². The van der Waals surface area contributed by atoms with Gasteiger partial charge in [-0.05, 0) is 73.9 Å². The monoisotopic (exact) mass is 508 g/mol. The van der Waals surface area contributed by atoms with E-state index in [1.807, 2.05) is 25.1 Å². The predicted octanol–water partition coefficient (Wildman–Crippen LogP) is 4.63. The molecule has 3 saturated heterocycles. The smallest absolute Gasteiger partial charge is 0.339 e. The van der Waals surface area contributed by atoms with E-state index < -0.39 is 10.1 Å². The number of anilines is 1. The number of benzene rings is 3. The zero-order valence-corrected chi connectivity index (χ0v) is 21.7. The topological polar surface area (TPSA) is 68.3 Å². The standard InChI is InChI=1S/C28H32N2O5S/c1-20-4-13-26(14-5-20)36(31,32)35-25-11-9-22(10-12-25)30-19-23-7-8-24(30)18-29(23)17-21-6-15-27(33-2)28(16-21)34-3/h4-6,9-16,23-24H,7-8,17-19H2,1-3H3/t23-,24-/m0/s1. The van der Waals surface area contributed by atoms with Gasteiger partial charge >= 0.3 is 10.1 Å². The number of piperidine rings is 2. The Morgan fingerprint density at radius 1 is 0.833 bits per heavy atom. The maximum Gasteiger partial charge on any atom is 0.339 e. The van der Waals surface area contributed by atoms with Crippen LogP contribution < -0.4 is 18.6 Å². The fraction of sp³-hybridized carbons (Fsp3) is 0.357. The van der Waals surface area contributed by atoms with Crippen molar-refractivity contribution in [2.75, 3.05) is 32.2 Å². The summed E-state index contributed by atoms with van der Waals surface area (Å²) in [6.45, 7) is 4.72. The molecule has 0 saturated carbocycles. The summed E-state index contributed by atoms with van der Waals surface area (Å²) in [4.78, 5) is 5.15. The van der Waals surface area contributed by atoms with Crippen molar-refractivity contribution in [3.63, 3.8) is 0 Å². The summed E-state index contributed by atoms with van der Waals surface area (Å²) in [5.41, 5.74) is 3.30. The van der Waals surface area contributed by atoms with E-state index in [-0.39, 0.29) is 4.90 Å². The first-order valence-electron chi connectivity index (χ1n) is 12.2. The lowest BCUT2D eigenvalue weighted by molar-refractivity contribution is 0.0889. The molecule has 0 spiro atoms. The van der Waals surface area contributed by atoms with Gasteiger partial charge in [-0.3, -0.25) is 4.90 Å². The second kappa shape index (κ2) is 10.0. The number of methoxy groups -OCH3 is 2. The van der Waals surface area contributed by atoms with E-state index in [0.717, 1.165) is 48.8 Å². The molecule has 36 heavy (non-hydrogen) atoms. The molecule has 3 aliphatic heterocycles. The van der Waals surface area contributed by atoms with Gasteiger partial charge in [0, 0.05) is 37.4 Å². The summed E-state index contributed by atoms with van der Waals surface area (Å²) in [5, 5.41) is 0. The molecule has 0 N–H and O–H groups in total. The van der Waals surface area contributed by atoms with Gasteiger partial charge in [0.1, 0.15) is 10.6 Å². The van der Waals surface area contributed by atoms with Gasteiger partial charge in [-0.25, -0.2) is 0 Å². The quantitative estimate of drug-likeness (QED) is 0.411. The lowest BCUT2D eigenvalue weighted by atomic mass is 9.89. The number of hydrogen-bond donors (Lipinski definition) is 0. The van der Waals surface area contributed by atoms with Crippen molar-refractivity contribution in [3.05, 3.63) is 77.9 Å². The van der Waals surface area contributed by atoms with Crippen LogP contribution in [0.2, 0.25) is 0 Å². The van der Waals surface area contributed by atoms with Crippen LogP contribution in [-0.4, -0.2) is 52.7 Å². The van der Waals surface area contributed by atoms with Crippen LogP contribution in [0.25, 0.3) is 0 Å². The summed E-state index contributed by atoms with van der Waals surface area (Å²) < 4.78 is 41.4. The number of aryl methyl sites for hydroxylation is 1.